The second-order valence-corrected chi connectivity index (χ2v) is 5.03. The van der Waals surface area contributed by atoms with Gasteiger partial charge in [0.15, 0.2) is 0 Å². The molecule has 2 aliphatic rings. The maximum atomic E-state index is 12.3. The van der Waals surface area contributed by atoms with Crippen LogP contribution in [0.3, 0.4) is 0 Å². The van der Waals surface area contributed by atoms with Gasteiger partial charge in [0, 0.05) is 13.2 Å². The fraction of sp³-hybridized carbons (Fsp3) is 0.833. The van der Waals surface area contributed by atoms with Gasteiger partial charge >= 0.3 is 5.97 Å². The van der Waals surface area contributed by atoms with Gasteiger partial charge in [-0.25, -0.2) is 4.79 Å². The molecule has 0 radical (unpaired) electrons. The van der Waals surface area contributed by atoms with Crippen molar-refractivity contribution >= 4 is 11.9 Å². The number of hydrogen-bond donors (Lipinski definition) is 1. The lowest BCUT2D eigenvalue weighted by Gasteiger charge is -2.42. The lowest BCUT2D eigenvalue weighted by Crippen LogP contribution is -2.59. The highest BCUT2D eigenvalue weighted by atomic mass is 16.5. The Balaban J connectivity index is 2.15. The average Bonchev–Trinajstić information content (AvgIpc) is 2.82. The van der Waals surface area contributed by atoms with Crippen molar-refractivity contribution in [3.63, 3.8) is 0 Å². The van der Waals surface area contributed by atoms with Crippen LogP contribution in [0.25, 0.3) is 0 Å². The van der Waals surface area contributed by atoms with Crippen molar-refractivity contribution in [1.82, 2.24) is 4.90 Å². The molecule has 5 heteroatoms. The molecule has 0 spiro atoms. The predicted octanol–water partition coefficient (Wildman–Crippen LogP) is 1.02. The molecule has 2 rings (SSSR count). The Labute approximate surface area is 101 Å². The molecule has 2 saturated heterocycles. The smallest absolute Gasteiger partial charge is 0.329 e. The summed E-state index contributed by atoms with van der Waals surface area (Å²) in [5.41, 5.74) is -1.05. The number of likely N-dealkylation sites (tertiary alicyclic amines) is 1. The minimum atomic E-state index is -1.05. The fourth-order valence-electron chi connectivity index (χ4n) is 2.64. The minimum Gasteiger partial charge on any atom is -0.480 e. The number of amides is 1. The van der Waals surface area contributed by atoms with Crippen LogP contribution in [-0.4, -0.2) is 46.7 Å². The van der Waals surface area contributed by atoms with E-state index in [0.29, 0.717) is 26.0 Å². The Kier molecular flexibility index (Phi) is 3.38. The molecule has 2 heterocycles. The van der Waals surface area contributed by atoms with Crippen LogP contribution in [-0.2, 0) is 14.3 Å². The van der Waals surface area contributed by atoms with Gasteiger partial charge in [-0.1, -0.05) is 0 Å². The van der Waals surface area contributed by atoms with E-state index in [1.54, 1.807) is 6.92 Å². The Hall–Kier alpha value is -1.10. The molecule has 0 bridgehead atoms. The highest BCUT2D eigenvalue weighted by molar-refractivity contribution is 5.89. The van der Waals surface area contributed by atoms with E-state index in [2.05, 4.69) is 0 Å². The molecule has 1 N–H and O–H groups in total. The minimum absolute atomic E-state index is 0.146. The van der Waals surface area contributed by atoms with Crippen LogP contribution in [0.1, 0.15) is 39.0 Å². The summed E-state index contributed by atoms with van der Waals surface area (Å²) in [6, 6.07) is 0. The third-order valence-corrected chi connectivity index (χ3v) is 3.82. The van der Waals surface area contributed by atoms with Crippen molar-refractivity contribution in [2.75, 3.05) is 13.2 Å². The monoisotopic (exact) mass is 241 g/mol. The fourth-order valence-corrected chi connectivity index (χ4v) is 2.64. The molecular weight excluding hydrogens is 222 g/mol. The molecule has 2 fully saturated rings. The average molecular weight is 241 g/mol. The van der Waals surface area contributed by atoms with Crippen LogP contribution in [0.2, 0.25) is 0 Å². The zero-order chi connectivity index (χ0) is 12.5. The summed E-state index contributed by atoms with van der Waals surface area (Å²) >= 11 is 0. The topological polar surface area (TPSA) is 66.8 Å². The molecule has 5 nitrogen and oxygen atoms in total. The molecule has 0 saturated carbocycles. The summed E-state index contributed by atoms with van der Waals surface area (Å²) in [7, 11) is 0. The van der Waals surface area contributed by atoms with Gasteiger partial charge in [0.2, 0.25) is 0 Å². The first-order chi connectivity index (χ1) is 8.05. The molecule has 96 valence electrons. The van der Waals surface area contributed by atoms with E-state index in [4.69, 9.17) is 4.74 Å². The third-order valence-electron chi connectivity index (χ3n) is 3.82. The summed E-state index contributed by atoms with van der Waals surface area (Å²) in [4.78, 5) is 25.1. The molecule has 1 unspecified atom stereocenters. The van der Waals surface area contributed by atoms with Gasteiger partial charge in [0.25, 0.3) is 5.91 Å². The number of aliphatic carboxylic acids is 1. The van der Waals surface area contributed by atoms with Crippen LogP contribution in [0.4, 0.5) is 0 Å². The Morgan fingerprint density at radius 1 is 1.35 bits per heavy atom. The zero-order valence-corrected chi connectivity index (χ0v) is 10.1. The molecule has 0 aromatic heterocycles. The largest absolute Gasteiger partial charge is 0.480 e. The third kappa shape index (κ3) is 2.16. The first kappa shape index (κ1) is 12.4. The van der Waals surface area contributed by atoms with Gasteiger partial charge in [-0.05, 0) is 39.0 Å². The van der Waals surface area contributed by atoms with Crippen LogP contribution in [0, 0.1) is 0 Å². The Morgan fingerprint density at radius 3 is 2.71 bits per heavy atom. The molecule has 2 aliphatic heterocycles. The molecular formula is C12H19NO4. The summed E-state index contributed by atoms with van der Waals surface area (Å²) in [6.45, 7) is 2.77. The Morgan fingerprint density at radius 2 is 2.12 bits per heavy atom. The van der Waals surface area contributed by atoms with Crippen LogP contribution >= 0.6 is 0 Å². The van der Waals surface area contributed by atoms with Crippen LogP contribution in [0.5, 0.6) is 0 Å². The maximum Gasteiger partial charge on any atom is 0.329 e. The number of carboxylic acid groups (broad SMARTS) is 1. The number of rotatable bonds is 2. The van der Waals surface area contributed by atoms with E-state index in [9.17, 15) is 14.7 Å². The molecule has 17 heavy (non-hydrogen) atoms. The predicted molar refractivity (Wildman–Crippen MR) is 60.6 cm³/mol. The number of piperidine rings is 1. The number of ether oxygens (including phenoxy) is 1. The van der Waals surface area contributed by atoms with Gasteiger partial charge in [0.05, 0.1) is 0 Å². The lowest BCUT2D eigenvalue weighted by atomic mass is 9.88. The van der Waals surface area contributed by atoms with E-state index >= 15 is 0 Å². The van der Waals surface area contributed by atoms with E-state index in [0.717, 1.165) is 19.3 Å². The summed E-state index contributed by atoms with van der Waals surface area (Å²) in [5.74, 6) is -1.06. The molecule has 0 aromatic rings. The number of carboxylic acids is 1. The van der Waals surface area contributed by atoms with E-state index in [1.165, 1.54) is 4.90 Å². The summed E-state index contributed by atoms with van der Waals surface area (Å²) in [6.07, 6.45) is 3.44. The quantitative estimate of drug-likeness (QED) is 0.784. The van der Waals surface area contributed by atoms with E-state index in [1.807, 2.05) is 0 Å². The summed E-state index contributed by atoms with van der Waals surface area (Å²) < 4.78 is 5.36. The zero-order valence-electron chi connectivity index (χ0n) is 10.1. The second-order valence-electron chi connectivity index (χ2n) is 5.03. The van der Waals surface area contributed by atoms with Gasteiger partial charge in [-0.3, -0.25) is 4.79 Å². The van der Waals surface area contributed by atoms with E-state index in [-0.39, 0.29) is 5.91 Å². The standard InChI is InChI=1S/C12H19NO4/c1-12(11(15)16)6-2-3-7-13(12)10(14)9-5-4-8-17-9/h9H,2-8H2,1H3,(H,15,16)/t9-,12?/m1/s1. The van der Waals surface area contributed by atoms with Crippen LogP contribution < -0.4 is 0 Å². The van der Waals surface area contributed by atoms with Crippen molar-refractivity contribution in [2.45, 2.75) is 50.7 Å². The van der Waals surface area contributed by atoms with Gasteiger partial charge in [-0.15, -0.1) is 0 Å². The van der Waals surface area contributed by atoms with Crippen molar-refractivity contribution < 1.29 is 19.4 Å². The van der Waals surface area contributed by atoms with E-state index < -0.39 is 17.6 Å². The van der Waals surface area contributed by atoms with Crippen LogP contribution in [0.15, 0.2) is 0 Å². The van der Waals surface area contributed by atoms with Gasteiger partial charge < -0.3 is 14.7 Å². The maximum absolute atomic E-state index is 12.3. The first-order valence-electron chi connectivity index (χ1n) is 6.22. The SMILES string of the molecule is CC1(C(=O)O)CCCCN1C(=O)[C@H]1CCCO1. The lowest BCUT2D eigenvalue weighted by molar-refractivity contribution is -0.165. The van der Waals surface area contributed by atoms with Crippen molar-refractivity contribution in [3.05, 3.63) is 0 Å². The number of carbonyl (C=O) groups excluding carboxylic acids is 1. The number of nitrogens with zero attached hydrogens (tertiary/aromatic N) is 1. The number of hydrogen-bond acceptors (Lipinski definition) is 3. The highest BCUT2D eigenvalue weighted by Crippen LogP contribution is 2.30. The molecule has 0 aliphatic carbocycles. The van der Waals surface area contributed by atoms with Gasteiger partial charge in [0.1, 0.15) is 11.6 Å². The van der Waals surface area contributed by atoms with Gasteiger partial charge in [-0.2, -0.15) is 0 Å². The van der Waals surface area contributed by atoms with Crippen molar-refractivity contribution in [2.24, 2.45) is 0 Å². The van der Waals surface area contributed by atoms with Crippen molar-refractivity contribution in [3.8, 4) is 0 Å². The Bertz CT molecular complexity index is 324. The first-order valence-corrected chi connectivity index (χ1v) is 6.22. The second kappa shape index (κ2) is 4.64. The summed E-state index contributed by atoms with van der Waals surface area (Å²) in [5, 5.41) is 9.32. The molecule has 2 atom stereocenters. The molecule has 1 amide bonds. The van der Waals surface area contributed by atoms with Crippen molar-refractivity contribution in [1.29, 1.82) is 0 Å². The normalized spacial score (nSPS) is 33.7. The molecule has 0 aromatic carbocycles. The number of carbonyl (C=O) groups is 2. The highest BCUT2D eigenvalue weighted by Gasteiger charge is 2.46.